The van der Waals surface area contributed by atoms with E-state index < -0.39 is 0 Å². The molecule has 2 aromatic rings. The summed E-state index contributed by atoms with van der Waals surface area (Å²) in [4.78, 5) is 0. The van der Waals surface area contributed by atoms with Crippen LogP contribution in [0.2, 0.25) is 0 Å². The molecule has 0 saturated carbocycles. The summed E-state index contributed by atoms with van der Waals surface area (Å²) >= 11 is 0. The van der Waals surface area contributed by atoms with E-state index in [9.17, 15) is 0 Å². The minimum Gasteiger partial charge on any atom is -0.487 e. The molecule has 2 rings (SSSR count). The topological polar surface area (TPSA) is 39.1 Å². The predicted octanol–water partition coefficient (Wildman–Crippen LogP) is 2.98. The summed E-state index contributed by atoms with van der Waals surface area (Å²) in [5.74, 6) is 0.926. The normalized spacial score (nSPS) is 12.4. The molecule has 20 heavy (non-hydrogen) atoms. The van der Waals surface area contributed by atoms with Gasteiger partial charge in [-0.05, 0) is 32.5 Å². The maximum atomic E-state index is 5.94. The molecule has 0 radical (unpaired) electrons. The molecule has 4 nitrogen and oxygen atoms in total. The SMILES string of the molecule is CCNC(C)c1cc(C)ccc1OCc1ccn(C)n1. The Bertz CT molecular complexity index is 563. The molecule has 1 N–H and O–H groups in total. The van der Waals surface area contributed by atoms with Crippen molar-refractivity contribution in [3.8, 4) is 5.75 Å². The van der Waals surface area contributed by atoms with Gasteiger partial charge < -0.3 is 10.1 Å². The Morgan fingerprint density at radius 2 is 2.15 bits per heavy atom. The largest absolute Gasteiger partial charge is 0.487 e. The van der Waals surface area contributed by atoms with Crippen LogP contribution in [0.1, 0.15) is 36.7 Å². The van der Waals surface area contributed by atoms with Crippen molar-refractivity contribution in [3.63, 3.8) is 0 Å². The maximum absolute atomic E-state index is 5.94. The zero-order valence-corrected chi connectivity index (χ0v) is 12.7. The zero-order chi connectivity index (χ0) is 14.5. The van der Waals surface area contributed by atoms with Crippen LogP contribution in [0.3, 0.4) is 0 Å². The Balaban J connectivity index is 2.13. The van der Waals surface area contributed by atoms with Gasteiger partial charge in [0.15, 0.2) is 0 Å². The number of hydrogen-bond donors (Lipinski definition) is 1. The lowest BCUT2D eigenvalue weighted by atomic mass is 10.0. The van der Waals surface area contributed by atoms with E-state index in [2.05, 4.69) is 43.3 Å². The summed E-state index contributed by atoms with van der Waals surface area (Å²) in [5, 5.41) is 7.76. The second-order valence-electron chi connectivity index (χ2n) is 5.09. The lowest BCUT2D eigenvalue weighted by Crippen LogP contribution is -2.18. The molecule has 1 heterocycles. The van der Waals surface area contributed by atoms with Gasteiger partial charge in [0.1, 0.15) is 12.4 Å². The average molecular weight is 273 g/mol. The molecule has 108 valence electrons. The third-order valence-electron chi connectivity index (χ3n) is 3.29. The number of nitrogens with one attached hydrogen (secondary N) is 1. The number of ether oxygens (including phenoxy) is 1. The van der Waals surface area contributed by atoms with Crippen molar-refractivity contribution < 1.29 is 4.74 Å². The highest BCUT2D eigenvalue weighted by atomic mass is 16.5. The minimum absolute atomic E-state index is 0.277. The molecule has 0 aliphatic rings. The Labute approximate surface area is 120 Å². The first-order chi connectivity index (χ1) is 9.60. The first-order valence-electron chi connectivity index (χ1n) is 7.05. The van der Waals surface area contributed by atoms with Crippen LogP contribution >= 0.6 is 0 Å². The molecule has 0 bridgehead atoms. The summed E-state index contributed by atoms with van der Waals surface area (Å²) in [7, 11) is 1.91. The van der Waals surface area contributed by atoms with E-state index in [1.807, 2.05) is 25.4 Å². The number of hydrogen-bond acceptors (Lipinski definition) is 3. The Hall–Kier alpha value is -1.81. The van der Waals surface area contributed by atoms with Gasteiger partial charge in [-0.15, -0.1) is 0 Å². The van der Waals surface area contributed by atoms with Gasteiger partial charge in [-0.3, -0.25) is 4.68 Å². The highest BCUT2D eigenvalue weighted by Crippen LogP contribution is 2.27. The van der Waals surface area contributed by atoms with Crippen LogP contribution < -0.4 is 10.1 Å². The molecule has 0 aliphatic heterocycles. The van der Waals surface area contributed by atoms with Crippen molar-refractivity contribution in [1.29, 1.82) is 0 Å². The van der Waals surface area contributed by atoms with Crippen molar-refractivity contribution in [2.45, 2.75) is 33.4 Å². The molecule has 1 atom stereocenters. The van der Waals surface area contributed by atoms with Gasteiger partial charge in [-0.25, -0.2) is 0 Å². The van der Waals surface area contributed by atoms with Crippen molar-refractivity contribution in [3.05, 3.63) is 47.3 Å². The standard InChI is InChI=1S/C16H23N3O/c1-5-17-13(3)15-10-12(2)6-7-16(15)20-11-14-8-9-19(4)18-14/h6-10,13,17H,5,11H2,1-4H3. The van der Waals surface area contributed by atoms with Crippen molar-refractivity contribution >= 4 is 0 Å². The van der Waals surface area contributed by atoms with Gasteiger partial charge in [-0.1, -0.05) is 24.6 Å². The molecule has 0 spiro atoms. The van der Waals surface area contributed by atoms with Gasteiger partial charge in [-0.2, -0.15) is 5.10 Å². The van der Waals surface area contributed by atoms with E-state index in [1.54, 1.807) is 4.68 Å². The number of rotatable bonds is 6. The van der Waals surface area contributed by atoms with Gasteiger partial charge in [0.25, 0.3) is 0 Å². The van der Waals surface area contributed by atoms with E-state index in [0.29, 0.717) is 6.61 Å². The minimum atomic E-state index is 0.277. The molecule has 0 aliphatic carbocycles. The Morgan fingerprint density at radius 3 is 2.80 bits per heavy atom. The highest BCUT2D eigenvalue weighted by Gasteiger charge is 2.11. The Morgan fingerprint density at radius 1 is 1.35 bits per heavy atom. The highest BCUT2D eigenvalue weighted by molar-refractivity contribution is 5.39. The third-order valence-corrected chi connectivity index (χ3v) is 3.29. The predicted molar refractivity (Wildman–Crippen MR) is 80.8 cm³/mol. The smallest absolute Gasteiger partial charge is 0.132 e. The first kappa shape index (κ1) is 14.6. The molecule has 1 unspecified atom stereocenters. The maximum Gasteiger partial charge on any atom is 0.132 e. The van der Waals surface area contributed by atoms with Gasteiger partial charge in [0, 0.05) is 24.8 Å². The van der Waals surface area contributed by atoms with Crippen LogP contribution in [-0.2, 0) is 13.7 Å². The van der Waals surface area contributed by atoms with Gasteiger partial charge in [0.05, 0.1) is 5.69 Å². The van der Waals surface area contributed by atoms with Crippen LogP contribution in [0.15, 0.2) is 30.5 Å². The first-order valence-corrected chi connectivity index (χ1v) is 7.05. The van der Waals surface area contributed by atoms with E-state index >= 15 is 0 Å². The second kappa shape index (κ2) is 6.57. The summed E-state index contributed by atoms with van der Waals surface area (Å²) in [6, 6.07) is 8.55. The molecule has 1 aromatic heterocycles. The number of benzene rings is 1. The fraction of sp³-hybridized carbons (Fsp3) is 0.438. The van der Waals surface area contributed by atoms with Crippen LogP contribution in [0.25, 0.3) is 0 Å². The molecular weight excluding hydrogens is 250 g/mol. The van der Waals surface area contributed by atoms with Crippen LogP contribution in [-0.4, -0.2) is 16.3 Å². The summed E-state index contributed by atoms with van der Waals surface area (Å²) in [6.45, 7) is 7.81. The van der Waals surface area contributed by atoms with Crippen LogP contribution in [0, 0.1) is 6.92 Å². The zero-order valence-electron chi connectivity index (χ0n) is 12.7. The number of aryl methyl sites for hydroxylation is 2. The number of aromatic nitrogens is 2. The van der Waals surface area contributed by atoms with Crippen molar-refractivity contribution in [1.82, 2.24) is 15.1 Å². The van der Waals surface area contributed by atoms with E-state index in [0.717, 1.165) is 18.0 Å². The van der Waals surface area contributed by atoms with Crippen molar-refractivity contribution in [2.24, 2.45) is 7.05 Å². The van der Waals surface area contributed by atoms with Crippen LogP contribution in [0.5, 0.6) is 5.75 Å². The second-order valence-corrected chi connectivity index (χ2v) is 5.09. The van der Waals surface area contributed by atoms with E-state index in [1.165, 1.54) is 11.1 Å². The molecule has 1 aromatic carbocycles. The third kappa shape index (κ3) is 3.61. The molecule has 4 heteroatoms. The average Bonchev–Trinajstić information content (AvgIpc) is 2.83. The van der Waals surface area contributed by atoms with Gasteiger partial charge in [0.2, 0.25) is 0 Å². The number of nitrogens with zero attached hydrogens (tertiary/aromatic N) is 2. The fourth-order valence-corrected chi connectivity index (χ4v) is 2.25. The molecule has 0 saturated heterocycles. The van der Waals surface area contributed by atoms with E-state index in [-0.39, 0.29) is 6.04 Å². The quantitative estimate of drug-likeness (QED) is 0.879. The lowest BCUT2D eigenvalue weighted by Gasteiger charge is -2.18. The summed E-state index contributed by atoms with van der Waals surface area (Å²) < 4.78 is 7.73. The van der Waals surface area contributed by atoms with Crippen LogP contribution in [0.4, 0.5) is 0 Å². The fourth-order valence-electron chi connectivity index (χ4n) is 2.25. The Kier molecular flexibility index (Phi) is 4.79. The molecular formula is C16H23N3O. The lowest BCUT2D eigenvalue weighted by molar-refractivity contribution is 0.294. The van der Waals surface area contributed by atoms with E-state index in [4.69, 9.17) is 4.74 Å². The molecule has 0 fully saturated rings. The van der Waals surface area contributed by atoms with Gasteiger partial charge >= 0.3 is 0 Å². The molecule has 0 amide bonds. The summed E-state index contributed by atoms with van der Waals surface area (Å²) in [5.41, 5.74) is 3.38. The summed E-state index contributed by atoms with van der Waals surface area (Å²) in [6.07, 6.45) is 1.93. The van der Waals surface area contributed by atoms with Crippen molar-refractivity contribution in [2.75, 3.05) is 6.54 Å². The monoisotopic (exact) mass is 273 g/mol.